The number of aryl methyl sites for hydroxylation is 2. The molecule has 0 aliphatic heterocycles. The summed E-state index contributed by atoms with van der Waals surface area (Å²) in [4.78, 5) is 20.9. The lowest BCUT2D eigenvalue weighted by Gasteiger charge is -2.22. The van der Waals surface area contributed by atoms with Crippen LogP contribution in [0.15, 0.2) is 42.7 Å². The van der Waals surface area contributed by atoms with Gasteiger partial charge >= 0.3 is 6.36 Å². The zero-order valence-electron chi connectivity index (χ0n) is 21.1. The number of ether oxygens (including phenoxy) is 2. The van der Waals surface area contributed by atoms with Crippen molar-refractivity contribution in [3.05, 3.63) is 76.2 Å². The number of halogens is 5. The predicted molar refractivity (Wildman–Crippen MR) is 135 cm³/mol. The average Bonchev–Trinajstić information content (AvgIpc) is 3.30. The van der Waals surface area contributed by atoms with Crippen LogP contribution in [0.25, 0.3) is 16.6 Å². The number of carbonyl (C=O) groups excluding carboxylic acids is 1. The fraction of sp³-hybridized carbons (Fsp3) is 0.308. The van der Waals surface area contributed by atoms with E-state index in [2.05, 4.69) is 25.1 Å². The zero-order chi connectivity index (χ0) is 28.3. The van der Waals surface area contributed by atoms with E-state index in [1.54, 1.807) is 23.7 Å². The highest BCUT2D eigenvalue weighted by molar-refractivity contribution is 6.31. The van der Waals surface area contributed by atoms with E-state index >= 15 is 0 Å². The summed E-state index contributed by atoms with van der Waals surface area (Å²) in [5.74, 6) is -0.592. The van der Waals surface area contributed by atoms with Gasteiger partial charge < -0.3 is 10.1 Å². The van der Waals surface area contributed by atoms with E-state index in [0.717, 1.165) is 17.1 Å². The monoisotopic (exact) mass is 565 g/mol. The Hall–Kier alpha value is -3.77. The van der Waals surface area contributed by atoms with Crippen LogP contribution in [-0.4, -0.2) is 38.6 Å². The van der Waals surface area contributed by atoms with Crippen molar-refractivity contribution in [3.8, 4) is 11.4 Å². The Morgan fingerprint density at radius 1 is 1.21 bits per heavy atom. The van der Waals surface area contributed by atoms with Gasteiger partial charge in [-0.2, -0.15) is 5.10 Å². The lowest BCUT2D eigenvalue weighted by Crippen LogP contribution is -2.34. The van der Waals surface area contributed by atoms with Crippen molar-refractivity contribution in [1.82, 2.24) is 25.1 Å². The maximum absolute atomic E-state index is 14.3. The molecule has 0 bridgehead atoms. The summed E-state index contributed by atoms with van der Waals surface area (Å²) in [5, 5.41) is 7.52. The molecule has 0 unspecified atom stereocenters. The smallest absolute Gasteiger partial charge is 0.487 e. The normalized spacial score (nSPS) is 12.5. The molecule has 206 valence electrons. The number of alkyl halides is 3. The van der Waals surface area contributed by atoms with Crippen molar-refractivity contribution in [1.29, 1.82) is 0 Å². The molecule has 39 heavy (non-hydrogen) atoms. The SMILES string of the molecule is CC[C@H](NC(=O)COC(F)(F)F)c1cc(F)cc(Cl)c1COc1cccc2c(-n3ncnc3C)cc(C)nc12. The minimum absolute atomic E-state index is 0.0348. The molecule has 2 aromatic heterocycles. The highest BCUT2D eigenvalue weighted by atomic mass is 35.5. The summed E-state index contributed by atoms with van der Waals surface area (Å²) < 4.78 is 62.8. The number of fused-ring (bicyclic) bond motifs is 1. The van der Waals surface area contributed by atoms with E-state index in [-0.39, 0.29) is 23.6 Å². The number of hydrogen-bond donors (Lipinski definition) is 1. The highest BCUT2D eigenvalue weighted by Crippen LogP contribution is 2.33. The molecule has 0 saturated heterocycles. The van der Waals surface area contributed by atoms with Crippen molar-refractivity contribution in [2.45, 2.75) is 46.2 Å². The first-order valence-corrected chi connectivity index (χ1v) is 12.2. The Morgan fingerprint density at radius 3 is 2.64 bits per heavy atom. The molecule has 0 fully saturated rings. The maximum Gasteiger partial charge on any atom is 0.523 e. The fourth-order valence-electron chi connectivity index (χ4n) is 4.18. The van der Waals surface area contributed by atoms with Gasteiger partial charge in [0, 0.05) is 16.6 Å². The van der Waals surface area contributed by atoms with Crippen LogP contribution in [0.4, 0.5) is 17.6 Å². The molecule has 0 aliphatic rings. The molecule has 1 N–H and O–H groups in total. The van der Waals surface area contributed by atoms with E-state index < -0.39 is 30.7 Å². The van der Waals surface area contributed by atoms with Gasteiger partial charge in [-0.05, 0) is 50.1 Å². The fourth-order valence-corrected chi connectivity index (χ4v) is 4.44. The van der Waals surface area contributed by atoms with Gasteiger partial charge in [-0.3, -0.25) is 9.53 Å². The Bertz CT molecular complexity index is 1510. The molecule has 2 heterocycles. The minimum atomic E-state index is -4.96. The standard InChI is InChI=1S/C26H24ClF4N5O3/c1-4-21(35-24(37)12-39-26(29,30)31)18-9-16(28)10-20(27)19(18)11-38-23-7-5-6-17-22(8-14(2)34-25(17)23)36-15(3)32-13-33-36/h5-10,13,21H,4,11-12H2,1-3H3,(H,35,37)/t21-/m0/s1. The topological polar surface area (TPSA) is 91.2 Å². The van der Waals surface area contributed by atoms with Gasteiger partial charge in [0.25, 0.3) is 0 Å². The third-order valence-corrected chi connectivity index (χ3v) is 6.24. The summed E-state index contributed by atoms with van der Waals surface area (Å²) in [6, 6.07) is 8.66. The number of carbonyl (C=O) groups is 1. The number of aromatic nitrogens is 4. The Balaban J connectivity index is 1.65. The number of pyridine rings is 1. The van der Waals surface area contributed by atoms with Crippen molar-refractivity contribution in [2.75, 3.05) is 6.61 Å². The van der Waals surface area contributed by atoms with Crippen LogP contribution in [0.3, 0.4) is 0 Å². The summed E-state index contributed by atoms with van der Waals surface area (Å²) in [6.45, 7) is 3.98. The molecule has 4 rings (SSSR count). The van der Waals surface area contributed by atoms with Crippen molar-refractivity contribution < 1.29 is 31.8 Å². The maximum atomic E-state index is 14.3. The second-order valence-corrected chi connectivity index (χ2v) is 9.07. The van der Waals surface area contributed by atoms with Gasteiger partial charge in [0.1, 0.15) is 42.4 Å². The van der Waals surface area contributed by atoms with Gasteiger partial charge in [0.05, 0.1) is 16.8 Å². The van der Waals surface area contributed by atoms with E-state index in [1.807, 2.05) is 26.0 Å². The van der Waals surface area contributed by atoms with Gasteiger partial charge in [0.2, 0.25) is 5.91 Å². The van der Waals surface area contributed by atoms with Gasteiger partial charge in [-0.15, -0.1) is 13.2 Å². The predicted octanol–water partition coefficient (Wildman–Crippen LogP) is 5.91. The average molecular weight is 566 g/mol. The summed E-state index contributed by atoms with van der Waals surface area (Å²) in [6.07, 6.45) is -3.27. The number of nitrogens with one attached hydrogen (secondary N) is 1. The second kappa shape index (κ2) is 11.5. The number of nitrogens with zero attached hydrogens (tertiary/aromatic N) is 4. The lowest BCUT2D eigenvalue weighted by molar-refractivity contribution is -0.321. The lowest BCUT2D eigenvalue weighted by atomic mass is 9.98. The Morgan fingerprint density at radius 2 is 1.97 bits per heavy atom. The molecule has 1 amide bonds. The first-order valence-electron chi connectivity index (χ1n) is 11.8. The van der Waals surface area contributed by atoms with Crippen LogP contribution in [0.1, 0.15) is 42.0 Å². The Kier molecular flexibility index (Phi) is 8.36. The second-order valence-electron chi connectivity index (χ2n) is 8.66. The quantitative estimate of drug-likeness (QED) is 0.254. The number of hydrogen-bond acceptors (Lipinski definition) is 6. The molecule has 0 spiro atoms. The van der Waals surface area contributed by atoms with Crippen LogP contribution in [0.2, 0.25) is 5.02 Å². The third kappa shape index (κ3) is 6.63. The molecular weight excluding hydrogens is 542 g/mol. The molecular formula is C26H24ClF4N5O3. The number of rotatable bonds is 9. The highest BCUT2D eigenvalue weighted by Gasteiger charge is 2.31. The van der Waals surface area contributed by atoms with Crippen LogP contribution in [-0.2, 0) is 16.1 Å². The van der Waals surface area contributed by atoms with E-state index in [4.69, 9.17) is 16.3 Å². The van der Waals surface area contributed by atoms with Gasteiger partial charge in [-0.25, -0.2) is 19.0 Å². The molecule has 13 heteroatoms. The van der Waals surface area contributed by atoms with E-state index in [0.29, 0.717) is 28.3 Å². The minimum Gasteiger partial charge on any atom is -0.487 e. The number of benzene rings is 2. The summed E-state index contributed by atoms with van der Waals surface area (Å²) in [5.41, 5.74) is 2.64. The van der Waals surface area contributed by atoms with Crippen LogP contribution in [0.5, 0.6) is 5.75 Å². The summed E-state index contributed by atoms with van der Waals surface area (Å²) in [7, 11) is 0. The van der Waals surface area contributed by atoms with E-state index in [9.17, 15) is 22.4 Å². The number of para-hydroxylation sites is 1. The van der Waals surface area contributed by atoms with Crippen molar-refractivity contribution in [2.24, 2.45) is 0 Å². The van der Waals surface area contributed by atoms with Crippen molar-refractivity contribution in [3.63, 3.8) is 0 Å². The Labute approximate surface area is 225 Å². The van der Waals surface area contributed by atoms with Gasteiger partial charge in [-0.1, -0.05) is 30.7 Å². The molecule has 0 saturated carbocycles. The summed E-state index contributed by atoms with van der Waals surface area (Å²) >= 11 is 6.37. The van der Waals surface area contributed by atoms with E-state index in [1.165, 1.54) is 12.4 Å². The molecule has 0 radical (unpaired) electrons. The first-order chi connectivity index (χ1) is 18.5. The molecule has 2 aromatic carbocycles. The van der Waals surface area contributed by atoms with Crippen LogP contribution >= 0.6 is 11.6 Å². The largest absolute Gasteiger partial charge is 0.523 e. The van der Waals surface area contributed by atoms with Crippen molar-refractivity contribution >= 4 is 28.4 Å². The number of amides is 1. The van der Waals surface area contributed by atoms with Gasteiger partial charge in [0.15, 0.2) is 0 Å². The zero-order valence-corrected chi connectivity index (χ0v) is 21.9. The third-order valence-electron chi connectivity index (χ3n) is 5.91. The molecule has 1 atom stereocenters. The molecule has 4 aromatic rings. The van der Waals surface area contributed by atoms with Crippen LogP contribution in [0, 0.1) is 19.7 Å². The molecule has 0 aliphatic carbocycles. The van der Waals surface area contributed by atoms with Crippen LogP contribution < -0.4 is 10.1 Å². The molecule has 8 nitrogen and oxygen atoms in total. The first kappa shape index (κ1) is 28.2.